The molecule has 4 nitrogen and oxygen atoms in total. The van der Waals surface area contributed by atoms with Gasteiger partial charge in [0.15, 0.2) is 0 Å². The van der Waals surface area contributed by atoms with Gasteiger partial charge in [-0.05, 0) is 58.8 Å². The number of rotatable bonds is 6. The van der Waals surface area contributed by atoms with Gasteiger partial charge in [-0.25, -0.2) is 4.79 Å². The largest absolute Gasteiger partial charge is 0.459 e. The molecule has 0 amide bonds. The van der Waals surface area contributed by atoms with Gasteiger partial charge in [-0.1, -0.05) is 13.5 Å². The van der Waals surface area contributed by atoms with Crippen LogP contribution in [0.3, 0.4) is 0 Å². The Bertz CT molecular complexity index is 560. The highest BCUT2D eigenvalue weighted by molar-refractivity contribution is 5.87. The van der Waals surface area contributed by atoms with Crippen LogP contribution < -0.4 is 0 Å². The van der Waals surface area contributed by atoms with Crippen LogP contribution in [0.25, 0.3) is 0 Å². The molecule has 1 aliphatic carbocycles. The third-order valence-electron chi connectivity index (χ3n) is 5.46. The van der Waals surface area contributed by atoms with Gasteiger partial charge in [0.2, 0.25) is 0 Å². The lowest BCUT2D eigenvalue weighted by Gasteiger charge is -2.43. The third kappa shape index (κ3) is 5.87. The molecule has 170 valence electrons. The van der Waals surface area contributed by atoms with Crippen molar-refractivity contribution in [3.05, 3.63) is 12.2 Å². The maximum absolute atomic E-state index is 13.1. The smallest absolute Gasteiger partial charge is 0.428 e. The predicted octanol–water partition coefficient (Wildman–Crippen LogP) is 5.24. The van der Waals surface area contributed by atoms with E-state index in [9.17, 15) is 36.2 Å². The Labute approximate surface area is 166 Å². The fourth-order valence-electron chi connectivity index (χ4n) is 3.58. The van der Waals surface area contributed by atoms with Crippen molar-refractivity contribution < 1.29 is 45.7 Å². The number of carbonyl (C=O) groups excluding carboxylic acids is 1. The van der Waals surface area contributed by atoms with Crippen molar-refractivity contribution in [3.8, 4) is 0 Å². The van der Waals surface area contributed by atoms with Gasteiger partial charge >= 0.3 is 18.3 Å². The summed E-state index contributed by atoms with van der Waals surface area (Å²) in [4.78, 5) is 11.6. The predicted molar refractivity (Wildman–Crippen MR) is 93.0 cm³/mol. The third-order valence-corrected chi connectivity index (χ3v) is 5.46. The molecule has 1 N–H and O–H groups in total. The molecular weight excluding hydrogens is 406 g/mol. The van der Waals surface area contributed by atoms with E-state index in [-0.39, 0.29) is 24.8 Å². The minimum Gasteiger partial charge on any atom is -0.459 e. The van der Waals surface area contributed by atoms with E-state index in [0.29, 0.717) is 32.6 Å². The highest BCUT2D eigenvalue weighted by Gasteiger charge is 2.74. The van der Waals surface area contributed by atoms with Crippen LogP contribution in [0.1, 0.15) is 65.7 Å². The molecule has 0 aromatic carbocycles. The maximum Gasteiger partial charge on any atom is 0.428 e. The van der Waals surface area contributed by atoms with Crippen molar-refractivity contribution in [1.29, 1.82) is 0 Å². The standard InChI is InChI=1S/C19H28F6O4/c1-5-16(29-13(4)17(27,18(20,21)22)19(23,24)25)10-6-8-14(9-7-11-16)28-15(26)12(2)3/h13-14,27H,2,5-11H2,1,3-4H3. The number of hydrogen-bond donors (Lipinski definition) is 1. The summed E-state index contributed by atoms with van der Waals surface area (Å²) in [5.74, 6) is -0.539. The molecule has 0 heterocycles. The lowest BCUT2D eigenvalue weighted by molar-refractivity contribution is -0.399. The number of esters is 1. The van der Waals surface area contributed by atoms with Crippen molar-refractivity contribution in [2.75, 3.05) is 0 Å². The van der Waals surface area contributed by atoms with Crippen LogP contribution in [-0.2, 0) is 14.3 Å². The molecule has 1 saturated carbocycles. The summed E-state index contributed by atoms with van der Waals surface area (Å²) in [6.45, 7) is 7.21. The van der Waals surface area contributed by atoms with Gasteiger partial charge < -0.3 is 14.6 Å². The first-order chi connectivity index (χ1) is 13.1. The van der Waals surface area contributed by atoms with Crippen molar-refractivity contribution in [2.45, 2.75) is 101 Å². The Balaban J connectivity index is 2.94. The van der Waals surface area contributed by atoms with Crippen LogP contribution in [-0.4, -0.2) is 46.8 Å². The second-order valence-electron chi connectivity index (χ2n) is 7.65. The number of hydrogen-bond acceptors (Lipinski definition) is 4. The van der Waals surface area contributed by atoms with E-state index >= 15 is 0 Å². The molecule has 29 heavy (non-hydrogen) atoms. The van der Waals surface area contributed by atoms with Crippen molar-refractivity contribution in [2.24, 2.45) is 0 Å². The molecular formula is C19H28F6O4. The lowest BCUT2D eigenvalue weighted by Crippen LogP contribution is -2.65. The molecule has 1 atom stereocenters. The molecule has 1 fully saturated rings. The molecule has 1 aliphatic rings. The van der Waals surface area contributed by atoms with Crippen LogP contribution in [0.5, 0.6) is 0 Å². The second kappa shape index (κ2) is 9.24. The van der Waals surface area contributed by atoms with Gasteiger partial charge in [-0.3, -0.25) is 0 Å². The quantitative estimate of drug-likeness (QED) is 0.353. The summed E-state index contributed by atoms with van der Waals surface area (Å²) in [5, 5.41) is 9.57. The van der Waals surface area contributed by atoms with E-state index in [1.54, 1.807) is 6.92 Å². The summed E-state index contributed by atoms with van der Waals surface area (Å²) in [6.07, 6.45) is -12.7. The van der Waals surface area contributed by atoms with Gasteiger partial charge in [-0.2, -0.15) is 26.3 Å². The van der Waals surface area contributed by atoms with E-state index in [1.165, 1.54) is 6.92 Å². The Kier molecular flexibility index (Phi) is 8.20. The zero-order chi connectivity index (χ0) is 22.7. The summed E-state index contributed by atoms with van der Waals surface area (Å²) >= 11 is 0. The topological polar surface area (TPSA) is 55.8 Å². The number of carbonyl (C=O) groups is 1. The van der Waals surface area contributed by atoms with Gasteiger partial charge in [0.25, 0.3) is 5.60 Å². The van der Waals surface area contributed by atoms with Gasteiger partial charge in [0.05, 0.1) is 5.60 Å². The van der Waals surface area contributed by atoms with E-state index in [4.69, 9.17) is 9.47 Å². The molecule has 0 radical (unpaired) electrons. The summed E-state index contributed by atoms with van der Waals surface area (Å²) < 4.78 is 89.3. The molecule has 0 aliphatic heterocycles. The number of aliphatic hydroxyl groups is 1. The number of halogens is 6. The fourth-order valence-corrected chi connectivity index (χ4v) is 3.58. The minimum atomic E-state index is -5.94. The zero-order valence-corrected chi connectivity index (χ0v) is 16.8. The lowest BCUT2D eigenvalue weighted by atomic mass is 9.83. The molecule has 0 saturated heterocycles. The van der Waals surface area contributed by atoms with Gasteiger partial charge in [-0.15, -0.1) is 0 Å². The summed E-state index contributed by atoms with van der Waals surface area (Å²) in [7, 11) is 0. The summed E-state index contributed by atoms with van der Waals surface area (Å²) in [5.41, 5.74) is -5.97. The van der Waals surface area contributed by atoms with Crippen LogP contribution in [0.15, 0.2) is 12.2 Å². The second-order valence-corrected chi connectivity index (χ2v) is 7.65. The van der Waals surface area contributed by atoms with Crippen molar-refractivity contribution in [1.82, 2.24) is 0 Å². The number of ether oxygens (including phenoxy) is 2. The zero-order valence-electron chi connectivity index (χ0n) is 16.8. The average Bonchev–Trinajstić information content (AvgIpc) is 2.55. The van der Waals surface area contributed by atoms with Crippen LogP contribution in [0.4, 0.5) is 26.3 Å². The molecule has 1 rings (SSSR count). The number of alkyl halides is 6. The molecule has 1 unspecified atom stereocenters. The van der Waals surface area contributed by atoms with Crippen molar-refractivity contribution in [3.63, 3.8) is 0 Å². The summed E-state index contributed by atoms with van der Waals surface area (Å²) in [6, 6.07) is 0. The first-order valence-corrected chi connectivity index (χ1v) is 9.50. The first kappa shape index (κ1) is 25.7. The Morgan fingerprint density at radius 3 is 1.93 bits per heavy atom. The normalized spacial score (nSPS) is 25.7. The van der Waals surface area contributed by atoms with Crippen LogP contribution in [0, 0.1) is 0 Å². The minimum absolute atomic E-state index is 0.180. The molecule has 0 aromatic heterocycles. The maximum atomic E-state index is 13.1. The van der Waals surface area contributed by atoms with Crippen LogP contribution >= 0.6 is 0 Å². The monoisotopic (exact) mass is 434 g/mol. The molecule has 0 spiro atoms. The molecule has 0 bridgehead atoms. The van der Waals surface area contributed by atoms with E-state index in [2.05, 4.69) is 6.58 Å². The van der Waals surface area contributed by atoms with Gasteiger partial charge in [0.1, 0.15) is 12.2 Å². The fraction of sp³-hybridized carbons (Fsp3) is 0.842. The Hall–Kier alpha value is -1.29. The molecule has 0 aromatic rings. The highest BCUT2D eigenvalue weighted by Crippen LogP contribution is 2.48. The highest BCUT2D eigenvalue weighted by atomic mass is 19.4. The molecule has 10 heteroatoms. The Morgan fingerprint density at radius 2 is 1.59 bits per heavy atom. The SMILES string of the molecule is C=C(C)C(=O)OC1CCCC(CC)(OC(C)C(O)(C(F)(F)F)C(F)(F)F)CCC1. The van der Waals surface area contributed by atoms with Gasteiger partial charge in [0, 0.05) is 5.57 Å². The van der Waals surface area contributed by atoms with E-state index < -0.39 is 41.7 Å². The first-order valence-electron chi connectivity index (χ1n) is 9.50. The average molecular weight is 434 g/mol. The van der Waals surface area contributed by atoms with E-state index in [0.717, 1.165) is 0 Å². The van der Waals surface area contributed by atoms with Crippen LogP contribution in [0.2, 0.25) is 0 Å². The van der Waals surface area contributed by atoms with Crippen molar-refractivity contribution >= 4 is 5.97 Å². The van der Waals surface area contributed by atoms with E-state index in [1.807, 2.05) is 0 Å². The Morgan fingerprint density at radius 1 is 1.14 bits per heavy atom.